The summed E-state index contributed by atoms with van der Waals surface area (Å²) in [4.78, 5) is 43.8. The molecule has 0 bridgehead atoms. The molecule has 0 radical (unpaired) electrons. The Morgan fingerprint density at radius 3 is 2.45 bits per heavy atom. The normalized spacial score (nSPS) is 14.6. The first kappa shape index (κ1) is 32.6. The molecule has 11 nitrogen and oxygen atoms in total. The van der Waals surface area contributed by atoms with E-state index in [1.54, 1.807) is 50.3 Å². The number of ether oxygens (including phenoxy) is 6. The Kier molecular flexibility index (Phi) is 10.4. The smallest absolute Gasteiger partial charge is 0.343 e. The van der Waals surface area contributed by atoms with Gasteiger partial charge in [0, 0.05) is 0 Å². The summed E-state index contributed by atoms with van der Waals surface area (Å²) in [6.07, 6.45) is 1.55. The molecule has 2 heterocycles. The van der Waals surface area contributed by atoms with E-state index < -0.39 is 18.0 Å². The van der Waals surface area contributed by atoms with Gasteiger partial charge in [-0.3, -0.25) is 9.36 Å². The Labute approximate surface area is 262 Å². The summed E-state index contributed by atoms with van der Waals surface area (Å²) in [5.41, 5.74) is 1.44. The molecule has 1 aliphatic rings. The highest BCUT2D eigenvalue weighted by Crippen LogP contribution is 2.38. The Balaban J connectivity index is 1.88. The predicted molar refractivity (Wildman–Crippen MR) is 165 cm³/mol. The summed E-state index contributed by atoms with van der Waals surface area (Å²) in [5.74, 6) is 0.240. The number of fused-ring (bicyclic) bond motifs is 1. The molecule has 0 saturated heterocycles. The van der Waals surface area contributed by atoms with Crippen molar-refractivity contribution in [2.24, 2.45) is 4.99 Å². The summed E-state index contributed by atoms with van der Waals surface area (Å²) in [6, 6.07) is 7.65. The molecule has 234 valence electrons. The average Bonchev–Trinajstić information content (AvgIpc) is 3.29. The number of carbonyl (C=O) groups is 2. The molecular formula is C31H33ClN2O9S. The Morgan fingerprint density at radius 2 is 1.82 bits per heavy atom. The topological polar surface area (TPSA) is 124 Å². The first-order valence-electron chi connectivity index (χ1n) is 13.6. The van der Waals surface area contributed by atoms with Crippen LogP contribution in [-0.2, 0) is 19.1 Å². The number of halogens is 1. The van der Waals surface area contributed by atoms with Crippen molar-refractivity contribution < 1.29 is 38.0 Å². The van der Waals surface area contributed by atoms with Crippen LogP contribution in [0.25, 0.3) is 6.08 Å². The lowest BCUT2D eigenvalue weighted by atomic mass is 9.95. The van der Waals surface area contributed by atoms with E-state index in [2.05, 4.69) is 9.73 Å². The molecule has 44 heavy (non-hydrogen) atoms. The zero-order valence-electron chi connectivity index (χ0n) is 25.4. The molecule has 0 fully saturated rings. The molecular weight excluding hydrogens is 612 g/mol. The van der Waals surface area contributed by atoms with Gasteiger partial charge in [0.2, 0.25) is 0 Å². The minimum atomic E-state index is -0.846. The van der Waals surface area contributed by atoms with Gasteiger partial charge in [-0.15, -0.1) is 0 Å². The second kappa shape index (κ2) is 14.0. The number of hydrogen-bond donors (Lipinski definition) is 0. The van der Waals surface area contributed by atoms with Crippen molar-refractivity contribution in [3.05, 3.63) is 77.4 Å². The van der Waals surface area contributed by atoms with Crippen molar-refractivity contribution >= 4 is 41.0 Å². The highest BCUT2D eigenvalue weighted by Gasteiger charge is 2.34. The fraction of sp³-hybridized carbons (Fsp3) is 0.355. The summed E-state index contributed by atoms with van der Waals surface area (Å²) < 4.78 is 34.2. The number of benzene rings is 2. The van der Waals surface area contributed by atoms with E-state index in [9.17, 15) is 14.4 Å². The minimum Gasteiger partial charge on any atom is -0.493 e. The molecule has 1 aliphatic heterocycles. The molecule has 4 rings (SSSR count). The highest BCUT2D eigenvalue weighted by atomic mass is 35.5. The number of thiazole rings is 1. The molecule has 0 spiro atoms. The Bertz CT molecular complexity index is 1790. The Morgan fingerprint density at radius 1 is 1.09 bits per heavy atom. The quantitative estimate of drug-likeness (QED) is 0.287. The number of hydrogen-bond acceptors (Lipinski definition) is 11. The van der Waals surface area contributed by atoms with Gasteiger partial charge in [-0.1, -0.05) is 29.0 Å². The van der Waals surface area contributed by atoms with E-state index in [-0.39, 0.29) is 47.0 Å². The molecule has 13 heteroatoms. The van der Waals surface area contributed by atoms with Crippen LogP contribution in [0, 0.1) is 0 Å². The number of aromatic nitrogens is 1. The van der Waals surface area contributed by atoms with Gasteiger partial charge >= 0.3 is 11.9 Å². The van der Waals surface area contributed by atoms with Gasteiger partial charge in [-0.05, 0) is 69.2 Å². The van der Waals surface area contributed by atoms with Gasteiger partial charge in [-0.2, -0.15) is 0 Å². The van der Waals surface area contributed by atoms with Gasteiger partial charge in [0.1, 0.15) is 0 Å². The maximum absolute atomic E-state index is 14.0. The van der Waals surface area contributed by atoms with E-state index in [1.165, 1.54) is 25.9 Å². The average molecular weight is 645 g/mol. The zero-order chi connectivity index (χ0) is 32.1. The van der Waals surface area contributed by atoms with E-state index in [0.29, 0.717) is 37.7 Å². The number of nitrogens with zero attached hydrogens (tertiary/aromatic N) is 2. The van der Waals surface area contributed by atoms with Crippen LogP contribution < -0.4 is 33.8 Å². The second-order valence-corrected chi connectivity index (χ2v) is 11.2. The first-order chi connectivity index (χ1) is 21.0. The third kappa shape index (κ3) is 6.76. The number of methoxy groups -OCH3 is 3. The lowest BCUT2D eigenvalue weighted by Gasteiger charge is -2.25. The number of rotatable bonds is 11. The van der Waals surface area contributed by atoms with Gasteiger partial charge in [0.25, 0.3) is 5.56 Å². The second-order valence-electron chi connectivity index (χ2n) is 9.78. The van der Waals surface area contributed by atoms with Crippen molar-refractivity contribution in [2.45, 2.75) is 39.8 Å². The monoisotopic (exact) mass is 644 g/mol. The predicted octanol–water partition coefficient (Wildman–Crippen LogP) is 3.81. The summed E-state index contributed by atoms with van der Waals surface area (Å²) in [7, 11) is 4.20. The third-order valence-electron chi connectivity index (χ3n) is 6.49. The van der Waals surface area contributed by atoms with E-state index in [1.807, 2.05) is 13.8 Å². The van der Waals surface area contributed by atoms with Crippen LogP contribution in [0.4, 0.5) is 0 Å². The molecule has 0 amide bonds. The molecule has 1 atom stereocenters. The molecule has 0 N–H and O–H groups in total. The molecule has 1 aromatic heterocycles. The highest BCUT2D eigenvalue weighted by molar-refractivity contribution is 7.07. The zero-order valence-corrected chi connectivity index (χ0v) is 27.0. The maximum Gasteiger partial charge on any atom is 0.343 e. The van der Waals surface area contributed by atoms with Crippen molar-refractivity contribution in [1.29, 1.82) is 0 Å². The van der Waals surface area contributed by atoms with Crippen LogP contribution in [0.3, 0.4) is 0 Å². The Hall–Kier alpha value is -4.29. The van der Waals surface area contributed by atoms with Crippen molar-refractivity contribution in [1.82, 2.24) is 4.57 Å². The number of carbonyl (C=O) groups excluding carboxylic acids is 2. The van der Waals surface area contributed by atoms with Gasteiger partial charge in [0.15, 0.2) is 34.4 Å². The van der Waals surface area contributed by atoms with Crippen LogP contribution in [0.2, 0.25) is 5.02 Å². The maximum atomic E-state index is 14.0. The van der Waals surface area contributed by atoms with Crippen LogP contribution >= 0.6 is 22.9 Å². The van der Waals surface area contributed by atoms with Crippen molar-refractivity contribution in [3.8, 4) is 23.0 Å². The van der Waals surface area contributed by atoms with Crippen molar-refractivity contribution in [3.63, 3.8) is 0 Å². The van der Waals surface area contributed by atoms with Crippen LogP contribution in [-0.4, -0.2) is 57.2 Å². The fourth-order valence-electron chi connectivity index (χ4n) is 4.62. The van der Waals surface area contributed by atoms with Crippen LogP contribution in [0.15, 0.2) is 51.4 Å². The molecule has 0 unspecified atom stereocenters. The summed E-state index contributed by atoms with van der Waals surface area (Å²) >= 11 is 7.63. The minimum absolute atomic E-state index is 0.0924. The van der Waals surface area contributed by atoms with Gasteiger partial charge in [0.05, 0.1) is 60.9 Å². The summed E-state index contributed by atoms with van der Waals surface area (Å²) in [6.45, 7) is 7.02. The third-order valence-corrected chi connectivity index (χ3v) is 7.76. The van der Waals surface area contributed by atoms with Crippen molar-refractivity contribution in [2.75, 3.05) is 34.5 Å². The van der Waals surface area contributed by atoms with E-state index in [4.69, 9.17) is 35.3 Å². The lowest BCUT2D eigenvalue weighted by Crippen LogP contribution is -2.40. The largest absolute Gasteiger partial charge is 0.493 e. The number of esters is 2. The summed E-state index contributed by atoms with van der Waals surface area (Å²) in [5, 5.41) is 0.168. The van der Waals surface area contributed by atoms with Crippen LogP contribution in [0.1, 0.15) is 44.9 Å². The van der Waals surface area contributed by atoms with E-state index in [0.717, 1.165) is 11.3 Å². The first-order valence-corrected chi connectivity index (χ1v) is 14.8. The lowest BCUT2D eigenvalue weighted by molar-refractivity contribution is -0.143. The fourth-order valence-corrected chi connectivity index (χ4v) is 5.94. The number of allylic oxidation sites excluding steroid dienone is 1. The van der Waals surface area contributed by atoms with Crippen LogP contribution in [0.5, 0.6) is 23.0 Å². The van der Waals surface area contributed by atoms with Gasteiger partial charge < -0.3 is 28.4 Å². The molecule has 0 aliphatic carbocycles. The van der Waals surface area contributed by atoms with Gasteiger partial charge in [-0.25, -0.2) is 14.6 Å². The molecule has 0 saturated carbocycles. The SMILES string of the molecule is CCOC(=O)C1=C(C)N=c2s/c(=C\c3cc(Cl)c(OCC(=O)OC)c(OC)c3)c(=O)n2[C@@H]1c1ccc(OC(C)C)c(OC)c1. The standard InChI is InChI=1S/C31H33ClN2O9S/c1-8-41-30(37)26-17(4)33-31-34(27(26)19-9-10-21(43-16(2)3)22(14-19)38-5)29(36)24(44-31)13-18-11-20(32)28(23(12-18)39-6)42-15-25(35)40-7/h9-14,16,27H,8,15H2,1-7H3/b24-13-/t27-/m1/s1. The van der Waals surface area contributed by atoms with E-state index >= 15 is 0 Å². The molecule has 2 aromatic carbocycles. The molecule has 3 aromatic rings.